The van der Waals surface area contributed by atoms with Crippen LogP contribution in [0.4, 0.5) is 4.79 Å². The Labute approximate surface area is 91.3 Å². The number of fused-ring (bicyclic) bond motifs is 1. The van der Waals surface area contributed by atoms with Gasteiger partial charge in [-0.3, -0.25) is 10.1 Å². The molecule has 3 amide bonds. The van der Waals surface area contributed by atoms with Crippen molar-refractivity contribution in [2.75, 3.05) is 0 Å². The molecule has 0 radical (unpaired) electrons. The number of ether oxygens (including phenoxy) is 2. The number of aryl methyl sites for hydroxylation is 1. The molecule has 2 rings (SSSR count). The fourth-order valence-corrected chi connectivity index (χ4v) is 1.40. The lowest BCUT2D eigenvalue weighted by Gasteiger charge is -2.08. The van der Waals surface area contributed by atoms with Gasteiger partial charge in [-0.25, -0.2) is 4.79 Å². The summed E-state index contributed by atoms with van der Waals surface area (Å²) >= 11 is 0. The fraction of sp³-hybridized carbons (Fsp3) is 0.200. The number of hydrogen-bond donors (Lipinski definition) is 2. The Hall–Kier alpha value is -2.24. The number of benzene rings is 1. The van der Waals surface area contributed by atoms with Crippen LogP contribution in [0.3, 0.4) is 0 Å². The Bertz CT molecular complexity index is 458. The molecule has 0 spiro atoms. The van der Waals surface area contributed by atoms with Gasteiger partial charge in [0.1, 0.15) is 0 Å². The van der Waals surface area contributed by atoms with Gasteiger partial charge in [0.05, 0.1) is 0 Å². The van der Waals surface area contributed by atoms with Crippen LogP contribution in [0.1, 0.15) is 5.56 Å². The van der Waals surface area contributed by atoms with Crippen LogP contribution in [0.2, 0.25) is 0 Å². The smallest absolute Gasteiger partial charge is 0.322 e. The molecule has 0 saturated carbocycles. The van der Waals surface area contributed by atoms with E-state index in [0.717, 1.165) is 5.56 Å². The summed E-state index contributed by atoms with van der Waals surface area (Å²) in [5, 5.41) is 1.89. The van der Waals surface area contributed by atoms with Gasteiger partial charge in [0.25, 0.3) is 0 Å². The van der Waals surface area contributed by atoms with Crippen LogP contribution >= 0.6 is 0 Å². The molecular weight excluding hydrogens is 212 g/mol. The Morgan fingerprint density at radius 1 is 1.38 bits per heavy atom. The van der Waals surface area contributed by atoms with Crippen molar-refractivity contribution in [3.63, 3.8) is 0 Å². The van der Waals surface area contributed by atoms with E-state index < -0.39 is 18.2 Å². The molecule has 0 bridgehead atoms. The first-order valence-corrected chi connectivity index (χ1v) is 4.61. The quantitative estimate of drug-likeness (QED) is 0.714. The molecule has 1 heterocycles. The maximum absolute atomic E-state index is 11.4. The number of primary amides is 1. The zero-order valence-corrected chi connectivity index (χ0v) is 8.52. The molecule has 16 heavy (non-hydrogen) atoms. The van der Waals surface area contributed by atoms with Crippen molar-refractivity contribution in [3.05, 3.63) is 23.8 Å². The van der Waals surface area contributed by atoms with Gasteiger partial charge < -0.3 is 15.2 Å². The minimum atomic E-state index is -1.16. The average molecular weight is 222 g/mol. The summed E-state index contributed by atoms with van der Waals surface area (Å²) in [6.07, 6.45) is -1.16. The van der Waals surface area contributed by atoms with Crippen molar-refractivity contribution in [2.45, 2.75) is 13.2 Å². The SMILES string of the molecule is Cc1cccc2c1OC(C(=O)NC(N)=O)O2. The lowest BCUT2D eigenvalue weighted by Crippen LogP contribution is -2.45. The maximum Gasteiger partial charge on any atom is 0.322 e. The average Bonchev–Trinajstić information content (AvgIpc) is 2.61. The van der Waals surface area contributed by atoms with Gasteiger partial charge in [-0.2, -0.15) is 0 Å². The van der Waals surface area contributed by atoms with Crippen LogP contribution < -0.4 is 20.5 Å². The fourth-order valence-electron chi connectivity index (χ4n) is 1.40. The molecule has 84 valence electrons. The van der Waals surface area contributed by atoms with Crippen molar-refractivity contribution >= 4 is 11.9 Å². The summed E-state index contributed by atoms with van der Waals surface area (Å²) in [6.45, 7) is 1.83. The van der Waals surface area contributed by atoms with E-state index in [1.165, 1.54) is 0 Å². The zero-order valence-electron chi connectivity index (χ0n) is 8.52. The van der Waals surface area contributed by atoms with Gasteiger partial charge >= 0.3 is 18.2 Å². The molecule has 0 aromatic heterocycles. The van der Waals surface area contributed by atoms with E-state index in [-0.39, 0.29) is 0 Å². The van der Waals surface area contributed by atoms with Gasteiger partial charge in [0.2, 0.25) is 0 Å². The number of carbonyl (C=O) groups is 2. The largest absolute Gasteiger partial charge is 0.442 e. The van der Waals surface area contributed by atoms with Gasteiger partial charge in [0, 0.05) is 0 Å². The van der Waals surface area contributed by atoms with E-state index in [9.17, 15) is 9.59 Å². The van der Waals surface area contributed by atoms with Crippen LogP contribution in [0, 0.1) is 6.92 Å². The number of amides is 3. The van der Waals surface area contributed by atoms with Gasteiger partial charge in [-0.1, -0.05) is 12.1 Å². The van der Waals surface area contributed by atoms with E-state index in [4.69, 9.17) is 15.2 Å². The predicted molar refractivity (Wildman–Crippen MR) is 53.9 cm³/mol. The maximum atomic E-state index is 11.4. The predicted octanol–water partition coefficient (Wildman–Crippen LogP) is 0.287. The molecular formula is C10H10N2O4. The number of imide groups is 1. The minimum absolute atomic E-state index is 0.477. The summed E-state index contributed by atoms with van der Waals surface area (Å²) in [5.41, 5.74) is 5.67. The molecule has 1 aromatic carbocycles. The van der Waals surface area contributed by atoms with Crippen LogP contribution in [0.15, 0.2) is 18.2 Å². The van der Waals surface area contributed by atoms with Crippen molar-refractivity contribution < 1.29 is 19.1 Å². The summed E-state index contributed by atoms with van der Waals surface area (Å²) in [7, 11) is 0. The summed E-state index contributed by atoms with van der Waals surface area (Å²) in [6, 6.07) is 4.35. The van der Waals surface area contributed by atoms with Crippen molar-refractivity contribution in [2.24, 2.45) is 5.73 Å². The summed E-state index contributed by atoms with van der Waals surface area (Å²) < 4.78 is 10.5. The summed E-state index contributed by atoms with van der Waals surface area (Å²) in [4.78, 5) is 21.9. The van der Waals surface area contributed by atoms with Crippen molar-refractivity contribution in [3.8, 4) is 11.5 Å². The number of urea groups is 1. The summed E-state index contributed by atoms with van der Waals surface area (Å²) in [5.74, 6) is 0.264. The first-order chi connectivity index (χ1) is 7.58. The minimum Gasteiger partial charge on any atom is -0.442 e. The first kappa shape index (κ1) is 10.3. The number of para-hydroxylation sites is 1. The Kier molecular flexibility index (Phi) is 2.40. The van der Waals surface area contributed by atoms with Crippen LogP contribution in [0.5, 0.6) is 11.5 Å². The highest BCUT2D eigenvalue weighted by Gasteiger charge is 2.32. The van der Waals surface area contributed by atoms with E-state index in [0.29, 0.717) is 11.5 Å². The Morgan fingerprint density at radius 3 is 2.75 bits per heavy atom. The lowest BCUT2D eigenvalue weighted by atomic mass is 10.2. The standard InChI is InChI=1S/C10H10N2O4/c1-5-3-2-4-6-7(5)16-9(15-6)8(13)12-10(11)14/h2-4,9H,1H3,(H3,11,12,13,14). The third kappa shape index (κ3) is 1.77. The third-order valence-corrected chi connectivity index (χ3v) is 2.10. The molecule has 0 fully saturated rings. The topological polar surface area (TPSA) is 90.6 Å². The highest BCUT2D eigenvalue weighted by atomic mass is 16.7. The molecule has 1 unspecified atom stereocenters. The normalized spacial score (nSPS) is 16.9. The highest BCUT2D eigenvalue weighted by molar-refractivity contribution is 5.95. The number of hydrogen-bond acceptors (Lipinski definition) is 4. The van der Waals surface area contributed by atoms with E-state index >= 15 is 0 Å². The number of nitrogens with two attached hydrogens (primary N) is 1. The molecule has 0 saturated heterocycles. The molecule has 0 aliphatic carbocycles. The molecule has 1 aliphatic rings. The van der Waals surface area contributed by atoms with Crippen LogP contribution in [-0.4, -0.2) is 18.2 Å². The Balaban J connectivity index is 2.14. The monoisotopic (exact) mass is 222 g/mol. The van der Waals surface area contributed by atoms with E-state index in [1.54, 1.807) is 12.1 Å². The van der Waals surface area contributed by atoms with Crippen LogP contribution in [0.25, 0.3) is 0 Å². The lowest BCUT2D eigenvalue weighted by molar-refractivity contribution is -0.135. The molecule has 1 aromatic rings. The van der Waals surface area contributed by atoms with Gasteiger partial charge in [-0.05, 0) is 18.6 Å². The first-order valence-electron chi connectivity index (χ1n) is 4.61. The van der Waals surface area contributed by atoms with Gasteiger partial charge in [-0.15, -0.1) is 0 Å². The third-order valence-electron chi connectivity index (χ3n) is 2.10. The van der Waals surface area contributed by atoms with E-state index in [2.05, 4.69) is 0 Å². The second kappa shape index (κ2) is 3.73. The van der Waals surface area contributed by atoms with Crippen LogP contribution in [-0.2, 0) is 4.79 Å². The molecule has 6 nitrogen and oxygen atoms in total. The molecule has 6 heteroatoms. The number of nitrogens with one attached hydrogen (secondary N) is 1. The number of rotatable bonds is 1. The van der Waals surface area contributed by atoms with E-state index in [1.807, 2.05) is 18.3 Å². The molecule has 3 N–H and O–H groups in total. The van der Waals surface area contributed by atoms with Gasteiger partial charge in [0.15, 0.2) is 11.5 Å². The zero-order chi connectivity index (χ0) is 11.7. The van der Waals surface area contributed by atoms with Crippen molar-refractivity contribution in [1.29, 1.82) is 0 Å². The molecule has 1 atom stereocenters. The number of carbonyl (C=O) groups excluding carboxylic acids is 2. The Morgan fingerprint density at radius 2 is 2.12 bits per heavy atom. The second-order valence-electron chi connectivity index (χ2n) is 3.32. The second-order valence-corrected chi connectivity index (χ2v) is 3.32. The van der Waals surface area contributed by atoms with Crippen molar-refractivity contribution in [1.82, 2.24) is 5.32 Å². The molecule has 1 aliphatic heterocycles. The highest BCUT2D eigenvalue weighted by Crippen LogP contribution is 2.37.